The molecule has 1 heterocycles. The third-order valence-electron chi connectivity index (χ3n) is 2.89. The van der Waals surface area contributed by atoms with Crippen LogP contribution < -0.4 is 10.6 Å². The summed E-state index contributed by atoms with van der Waals surface area (Å²) in [5.74, 6) is 0.860. The van der Waals surface area contributed by atoms with Gasteiger partial charge in [0, 0.05) is 30.5 Å². The summed E-state index contributed by atoms with van der Waals surface area (Å²) in [4.78, 5) is 10.9. The molecule has 0 spiro atoms. The maximum Gasteiger partial charge on any atom is 0.150 e. The molecule has 0 aliphatic carbocycles. The second-order valence-electron chi connectivity index (χ2n) is 4.63. The zero-order valence-corrected chi connectivity index (χ0v) is 12.1. The molecule has 0 saturated heterocycles. The van der Waals surface area contributed by atoms with Crippen molar-refractivity contribution >= 4 is 23.1 Å². The van der Waals surface area contributed by atoms with E-state index in [1.54, 1.807) is 12.3 Å². The van der Waals surface area contributed by atoms with E-state index in [0.29, 0.717) is 17.3 Å². The van der Waals surface area contributed by atoms with Crippen molar-refractivity contribution in [2.24, 2.45) is 0 Å². The second-order valence-corrected chi connectivity index (χ2v) is 5.03. The van der Waals surface area contributed by atoms with Gasteiger partial charge in [-0.05, 0) is 37.6 Å². The van der Waals surface area contributed by atoms with Crippen molar-refractivity contribution in [3.63, 3.8) is 0 Å². The van der Waals surface area contributed by atoms with Crippen LogP contribution >= 0.6 is 11.6 Å². The molecule has 19 heavy (non-hydrogen) atoms. The number of nitrogens with two attached hydrogens (primary N) is 1. The summed E-state index contributed by atoms with van der Waals surface area (Å²) in [6, 6.07) is 5.50. The van der Waals surface area contributed by atoms with Crippen LogP contribution in [0.25, 0.3) is 0 Å². The Labute approximate surface area is 118 Å². The van der Waals surface area contributed by atoms with E-state index in [1.807, 2.05) is 37.9 Å². The lowest BCUT2D eigenvalue weighted by atomic mass is 10.2. The maximum absolute atomic E-state index is 6.18. The molecule has 1 aromatic heterocycles. The number of hydrogen-bond donors (Lipinski definition) is 1. The van der Waals surface area contributed by atoms with Gasteiger partial charge in [0.2, 0.25) is 0 Å². The molecule has 0 bridgehead atoms. The van der Waals surface area contributed by atoms with Crippen LogP contribution in [-0.2, 0) is 6.54 Å². The molecule has 0 unspecified atom stereocenters. The highest BCUT2D eigenvalue weighted by atomic mass is 35.5. The Morgan fingerprint density at radius 3 is 2.79 bits per heavy atom. The van der Waals surface area contributed by atoms with Crippen LogP contribution in [0.2, 0.25) is 5.02 Å². The molecule has 5 heteroatoms. The fourth-order valence-corrected chi connectivity index (χ4v) is 2.11. The number of hydrogen-bond acceptors (Lipinski definition) is 4. The molecule has 4 nitrogen and oxygen atoms in total. The molecule has 0 saturated carbocycles. The number of aromatic nitrogens is 2. The van der Waals surface area contributed by atoms with E-state index in [9.17, 15) is 0 Å². The van der Waals surface area contributed by atoms with Crippen LogP contribution in [0.4, 0.5) is 11.5 Å². The molecule has 2 rings (SSSR count). The number of nitrogen functional groups attached to an aromatic ring is 1. The highest BCUT2D eigenvalue weighted by Gasteiger charge is 2.10. The summed E-state index contributed by atoms with van der Waals surface area (Å²) in [6.07, 6.45) is 1.76. The van der Waals surface area contributed by atoms with E-state index in [-0.39, 0.29) is 0 Å². The van der Waals surface area contributed by atoms with Gasteiger partial charge in [0.05, 0.1) is 11.4 Å². The predicted octanol–water partition coefficient (Wildman–Crippen LogP) is 2.97. The van der Waals surface area contributed by atoms with Gasteiger partial charge in [-0.15, -0.1) is 0 Å². The van der Waals surface area contributed by atoms with E-state index in [0.717, 1.165) is 22.8 Å². The van der Waals surface area contributed by atoms with E-state index in [1.165, 1.54) is 0 Å². The summed E-state index contributed by atoms with van der Waals surface area (Å²) in [7, 11) is 1.97. The molecule has 100 valence electrons. The molecule has 0 radical (unpaired) electrons. The third kappa shape index (κ3) is 3.15. The molecule has 0 aliphatic rings. The number of benzene rings is 1. The topological polar surface area (TPSA) is 55.0 Å². The fraction of sp³-hybridized carbons (Fsp3) is 0.286. The van der Waals surface area contributed by atoms with Gasteiger partial charge in [-0.1, -0.05) is 11.6 Å². The first-order chi connectivity index (χ1) is 8.97. The van der Waals surface area contributed by atoms with Crippen LogP contribution in [0, 0.1) is 13.8 Å². The van der Waals surface area contributed by atoms with Crippen molar-refractivity contribution in [1.29, 1.82) is 0 Å². The van der Waals surface area contributed by atoms with Crippen molar-refractivity contribution in [3.05, 3.63) is 46.4 Å². The van der Waals surface area contributed by atoms with Gasteiger partial charge in [0.15, 0.2) is 0 Å². The highest BCUT2D eigenvalue weighted by Crippen LogP contribution is 2.23. The Morgan fingerprint density at radius 1 is 1.32 bits per heavy atom. The summed E-state index contributed by atoms with van der Waals surface area (Å²) >= 11 is 6.18. The van der Waals surface area contributed by atoms with E-state index in [2.05, 4.69) is 9.97 Å². The summed E-state index contributed by atoms with van der Waals surface area (Å²) in [6.45, 7) is 4.51. The van der Waals surface area contributed by atoms with E-state index < -0.39 is 0 Å². The lowest BCUT2D eigenvalue weighted by molar-refractivity contribution is 0.870. The minimum Gasteiger partial charge on any atom is -0.399 e. The van der Waals surface area contributed by atoms with Crippen molar-refractivity contribution < 1.29 is 0 Å². The van der Waals surface area contributed by atoms with Gasteiger partial charge in [-0.2, -0.15) is 0 Å². The lowest BCUT2D eigenvalue weighted by Gasteiger charge is -2.20. The average molecular weight is 277 g/mol. The van der Waals surface area contributed by atoms with Gasteiger partial charge in [0.25, 0.3) is 0 Å². The average Bonchev–Trinajstić information content (AvgIpc) is 2.36. The molecule has 0 fully saturated rings. The van der Waals surface area contributed by atoms with Gasteiger partial charge >= 0.3 is 0 Å². The molecule has 0 aliphatic heterocycles. The first-order valence-corrected chi connectivity index (χ1v) is 6.40. The highest BCUT2D eigenvalue weighted by molar-refractivity contribution is 6.31. The lowest BCUT2D eigenvalue weighted by Crippen LogP contribution is -2.20. The normalized spacial score (nSPS) is 10.5. The fourth-order valence-electron chi connectivity index (χ4n) is 1.93. The Morgan fingerprint density at radius 2 is 2.05 bits per heavy atom. The zero-order chi connectivity index (χ0) is 14.0. The summed E-state index contributed by atoms with van der Waals surface area (Å²) in [5, 5.41) is 0.708. The molecule has 0 amide bonds. The molecule has 2 aromatic rings. The van der Waals surface area contributed by atoms with Crippen molar-refractivity contribution in [3.8, 4) is 0 Å². The number of halogens is 1. The largest absolute Gasteiger partial charge is 0.399 e. The molecular formula is C14H17ClN4. The van der Waals surface area contributed by atoms with Crippen molar-refractivity contribution in [2.45, 2.75) is 20.4 Å². The predicted molar refractivity (Wildman–Crippen MR) is 79.5 cm³/mol. The van der Waals surface area contributed by atoms with Crippen molar-refractivity contribution in [1.82, 2.24) is 9.97 Å². The SMILES string of the molecule is Cc1cnc(C)c(N(C)Cc2cc(N)ccc2Cl)n1. The first kappa shape index (κ1) is 13.6. The molecule has 2 N–H and O–H groups in total. The van der Waals surface area contributed by atoms with E-state index in [4.69, 9.17) is 17.3 Å². The van der Waals surface area contributed by atoms with Gasteiger partial charge in [-0.3, -0.25) is 4.98 Å². The Bertz CT molecular complexity index is 598. The Balaban J connectivity index is 2.27. The van der Waals surface area contributed by atoms with Crippen LogP contribution in [0.3, 0.4) is 0 Å². The maximum atomic E-state index is 6.18. The quantitative estimate of drug-likeness (QED) is 0.876. The number of aryl methyl sites for hydroxylation is 2. The summed E-state index contributed by atoms with van der Waals surface area (Å²) < 4.78 is 0. The van der Waals surface area contributed by atoms with Crippen LogP contribution in [-0.4, -0.2) is 17.0 Å². The van der Waals surface area contributed by atoms with Gasteiger partial charge in [-0.25, -0.2) is 4.98 Å². The second kappa shape index (κ2) is 5.45. The Hall–Kier alpha value is -1.81. The first-order valence-electron chi connectivity index (χ1n) is 6.02. The number of nitrogens with zero attached hydrogens (tertiary/aromatic N) is 3. The monoisotopic (exact) mass is 276 g/mol. The van der Waals surface area contributed by atoms with Crippen molar-refractivity contribution in [2.75, 3.05) is 17.7 Å². The smallest absolute Gasteiger partial charge is 0.150 e. The zero-order valence-electron chi connectivity index (χ0n) is 11.3. The van der Waals surface area contributed by atoms with Crippen LogP contribution in [0.5, 0.6) is 0 Å². The van der Waals surface area contributed by atoms with Crippen LogP contribution in [0.15, 0.2) is 24.4 Å². The molecule has 0 atom stereocenters. The number of anilines is 2. The minimum atomic E-state index is 0.642. The van der Waals surface area contributed by atoms with Crippen LogP contribution in [0.1, 0.15) is 17.0 Å². The number of rotatable bonds is 3. The van der Waals surface area contributed by atoms with Gasteiger partial charge in [0.1, 0.15) is 5.82 Å². The summed E-state index contributed by atoms with van der Waals surface area (Å²) in [5.41, 5.74) is 9.27. The minimum absolute atomic E-state index is 0.642. The standard InChI is InChI=1S/C14H17ClN4/c1-9-7-17-10(2)14(18-9)19(3)8-11-6-12(16)4-5-13(11)15/h4-7H,8,16H2,1-3H3. The van der Waals surface area contributed by atoms with E-state index >= 15 is 0 Å². The Kier molecular flexibility index (Phi) is 3.90. The molecular weight excluding hydrogens is 260 g/mol. The molecule has 1 aromatic carbocycles. The third-order valence-corrected chi connectivity index (χ3v) is 3.26. The van der Waals surface area contributed by atoms with Gasteiger partial charge < -0.3 is 10.6 Å².